The summed E-state index contributed by atoms with van der Waals surface area (Å²) in [6, 6.07) is 3.76. The summed E-state index contributed by atoms with van der Waals surface area (Å²) >= 11 is 0. The smallest absolute Gasteiger partial charge is 0.305 e. The van der Waals surface area contributed by atoms with Crippen LogP contribution in [-0.4, -0.2) is 25.5 Å². The second kappa shape index (κ2) is 7.51. The fraction of sp³-hybridized carbons (Fsp3) is 0.429. The predicted octanol–water partition coefficient (Wildman–Crippen LogP) is 2.75. The summed E-state index contributed by atoms with van der Waals surface area (Å²) in [7, 11) is 1.38. The number of Topliss-reactive ketones (excluding diaryl/α,β-unsaturated/α-hetero) is 1. The van der Waals surface area contributed by atoms with Gasteiger partial charge in [0.05, 0.1) is 19.3 Å². The number of methoxy groups -OCH3 is 1. The highest BCUT2D eigenvalue weighted by Crippen LogP contribution is 2.21. The minimum Gasteiger partial charge on any atom is -0.496 e. The molecule has 1 aromatic carbocycles. The van der Waals surface area contributed by atoms with Crippen LogP contribution in [-0.2, 0) is 9.53 Å². The Balaban J connectivity index is 2.56. The number of ketones is 1. The first-order valence-corrected chi connectivity index (χ1v) is 6.10. The van der Waals surface area contributed by atoms with Crippen molar-refractivity contribution < 1.29 is 23.5 Å². The third-order valence-electron chi connectivity index (χ3n) is 2.55. The van der Waals surface area contributed by atoms with E-state index in [-0.39, 0.29) is 30.3 Å². The van der Waals surface area contributed by atoms with Gasteiger partial charge in [0.1, 0.15) is 11.6 Å². The van der Waals surface area contributed by atoms with Crippen molar-refractivity contribution in [1.29, 1.82) is 0 Å². The third-order valence-corrected chi connectivity index (χ3v) is 2.55. The minimum atomic E-state index is -0.458. The fourth-order valence-electron chi connectivity index (χ4n) is 1.66. The highest BCUT2D eigenvalue weighted by molar-refractivity contribution is 5.98. The van der Waals surface area contributed by atoms with E-state index in [0.29, 0.717) is 18.6 Å². The van der Waals surface area contributed by atoms with Crippen LogP contribution in [0.25, 0.3) is 0 Å². The Labute approximate surface area is 111 Å². The molecule has 0 radical (unpaired) electrons. The molecule has 0 aliphatic carbocycles. The SMILES string of the molecule is CCOC(=O)CCCC(=O)c1ccc(F)cc1OC. The topological polar surface area (TPSA) is 52.6 Å². The van der Waals surface area contributed by atoms with Crippen molar-refractivity contribution in [2.75, 3.05) is 13.7 Å². The molecular formula is C14H17FO4. The van der Waals surface area contributed by atoms with Gasteiger partial charge < -0.3 is 9.47 Å². The van der Waals surface area contributed by atoms with Gasteiger partial charge in [-0.2, -0.15) is 0 Å². The Morgan fingerprint density at radius 3 is 2.63 bits per heavy atom. The second-order valence-electron chi connectivity index (χ2n) is 3.93. The summed E-state index contributed by atoms with van der Waals surface area (Å²) in [5.41, 5.74) is 0.327. The fourth-order valence-corrected chi connectivity index (χ4v) is 1.66. The van der Waals surface area contributed by atoms with Crippen molar-refractivity contribution >= 4 is 11.8 Å². The molecule has 0 heterocycles. The molecule has 0 N–H and O–H groups in total. The quantitative estimate of drug-likeness (QED) is 0.563. The molecule has 0 atom stereocenters. The summed E-state index contributed by atoms with van der Waals surface area (Å²) in [6.45, 7) is 2.06. The average Bonchev–Trinajstić information content (AvgIpc) is 2.38. The van der Waals surface area contributed by atoms with Crippen LogP contribution in [0.1, 0.15) is 36.5 Å². The van der Waals surface area contributed by atoms with Crippen LogP contribution in [0.5, 0.6) is 5.75 Å². The van der Waals surface area contributed by atoms with Gasteiger partial charge in [-0.1, -0.05) is 0 Å². The van der Waals surface area contributed by atoms with Gasteiger partial charge in [-0.15, -0.1) is 0 Å². The van der Waals surface area contributed by atoms with Crippen LogP contribution >= 0.6 is 0 Å². The van der Waals surface area contributed by atoms with E-state index in [1.165, 1.54) is 25.3 Å². The van der Waals surface area contributed by atoms with Crippen LogP contribution in [0.3, 0.4) is 0 Å². The van der Waals surface area contributed by atoms with E-state index in [1.807, 2.05) is 0 Å². The zero-order valence-corrected chi connectivity index (χ0v) is 11.1. The van der Waals surface area contributed by atoms with Crippen molar-refractivity contribution in [3.63, 3.8) is 0 Å². The average molecular weight is 268 g/mol. The highest BCUT2D eigenvalue weighted by Gasteiger charge is 2.13. The minimum absolute atomic E-state index is 0.179. The van der Waals surface area contributed by atoms with Crippen LogP contribution in [0, 0.1) is 5.82 Å². The van der Waals surface area contributed by atoms with Crippen LogP contribution < -0.4 is 4.74 Å². The zero-order valence-electron chi connectivity index (χ0n) is 11.1. The van der Waals surface area contributed by atoms with E-state index < -0.39 is 5.82 Å². The van der Waals surface area contributed by atoms with Crippen molar-refractivity contribution in [3.05, 3.63) is 29.6 Å². The van der Waals surface area contributed by atoms with Gasteiger partial charge in [0, 0.05) is 18.9 Å². The molecule has 4 nitrogen and oxygen atoms in total. The molecule has 0 bridgehead atoms. The van der Waals surface area contributed by atoms with Gasteiger partial charge >= 0.3 is 5.97 Å². The zero-order chi connectivity index (χ0) is 14.3. The normalized spacial score (nSPS) is 10.1. The lowest BCUT2D eigenvalue weighted by Gasteiger charge is -2.07. The van der Waals surface area contributed by atoms with Gasteiger partial charge in [0.15, 0.2) is 5.78 Å². The molecular weight excluding hydrogens is 251 g/mol. The molecule has 0 unspecified atom stereocenters. The number of hydrogen-bond acceptors (Lipinski definition) is 4. The molecule has 19 heavy (non-hydrogen) atoms. The molecule has 104 valence electrons. The summed E-state index contributed by atoms with van der Waals surface area (Å²) in [6.07, 6.45) is 0.794. The number of carbonyl (C=O) groups excluding carboxylic acids is 2. The lowest BCUT2D eigenvalue weighted by atomic mass is 10.0. The monoisotopic (exact) mass is 268 g/mol. The van der Waals surface area contributed by atoms with Crippen LogP contribution in [0.2, 0.25) is 0 Å². The summed E-state index contributed by atoms with van der Waals surface area (Å²) in [5.74, 6) is -0.747. The Hall–Kier alpha value is -1.91. The maximum atomic E-state index is 13.0. The van der Waals surface area contributed by atoms with E-state index >= 15 is 0 Å². The van der Waals surface area contributed by atoms with Crippen LogP contribution in [0.4, 0.5) is 4.39 Å². The number of rotatable bonds is 7. The summed E-state index contributed by atoms with van der Waals surface area (Å²) in [5, 5.41) is 0. The van der Waals surface area contributed by atoms with Crippen molar-refractivity contribution in [1.82, 2.24) is 0 Å². The maximum Gasteiger partial charge on any atom is 0.305 e. The Morgan fingerprint density at radius 2 is 2.00 bits per heavy atom. The van der Waals surface area contributed by atoms with Crippen LogP contribution in [0.15, 0.2) is 18.2 Å². The molecule has 0 fully saturated rings. The molecule has 0 amide bonds. The molecule has 0 aliphatic heterocycles. The van der Waals surface area contributed by atoms with E-state index in [2.05, 4.69) is 0 Å². The highest BCUT2D eigenvalue weighted by atomic mass is 19.1. The maximum absolute atomic E-state index is 13.0. The Bertz CT molecular complexity index is 457. The Kier molecular flexibility index (Phi) is 5.99. The molecule has 0 spiro atoms. The molecule has 5 heteroatoms. The van der Waals surface area contributed by atoms with Gasteiger partial charge in [-0.25, -0.2) is 4.39 Å². The third kappa shape index (κ3) is 4.69. The van der Waals surface area contributed by atoms with E-state index in [0.717, 1.165) is 0 Å². The van der Waals surface area contributed by atoms with Gasteiger partial charge in [0.25, 0.3) is 0 Å². The largest absolute Gasteiger partial charge is 0.496 e. The van der Waals surface area contributed by atoms with Crippen molar-refractivity contribution in [2.24, 2.45) is 0 Å². The molecule has 0 aliphatic rings. The number of benzene rings is 1. The molecule has 1 aromatic rings. The lowest BCUT2D eigenvalue weighted by molar-refractivity contribution is -0.143. The van der Waals surface area contributed by atoms with E-state index in [9.17, 15) is 14.0 Å². The molecule has 0 aromatic heterocycles. The number of carbonyl (C=O) groups is 2. The molecule has 1 rings (SSSR count). The number of hydrogen-bond donors (Lipinski definition) is 0. The lowest BCUT2D eigenvalue weighted by Crippen LogP contribution is -2.07. The van der Waals surface area contributed by atoms with Crippen molar-refractivity contribution in [3.8, 4) is 5.75 Å². The van der Waals surface area contributed by atoms with Gasteiger partial charge in [-0.3, -0.25) is 9.59 Å². The van der Waals surface area contributed by atoms with Gasteiger partial charge in [-0.05, 0) is 25.5 Å². The van der Waals surface area contributed by atoms with Gasteiger partial charge in [0.2, 0.25) is 0 Å². The number of ether oxygens (including phenoxy) is 2. The first kappa shape index (κ1) is 15.1. The first-order chi connectivity index (χ1) is 9.08. The Morgan fingerprint density at radius 1 is 1.26 bits per heavy atom. The summed E-state index contributed by atoms with van der Waals surface area (Å²) in [4.78, 5) is 23.0. The second-order valence-corrected chi connectivity index (χ2v) is 3.93. The predicted molar refractivity (Wildman–Crippen MR) is 67.8 cm³/mol. The molecule has 0 saturated carbocycles. The van der Waals surface area contributed by atoms with Crippen molar-refractivity contribution in [2.45, 2.75) is 26.2 Å². The standard InChI is InChI=1S/C14H17FO4/c1-3-19-14(17)6-4-5-12(16)11-8-7-10(15)9-13(11)18-2/h7-9H,3-6H2,1-2H3. The van der Waals surface area contributed by atoms with E-state index in [4.69, 9.17) is 9.47 Å². The van der Waals surface area contributed by atoms with E-state index in [1.54, 1.807) is 6.92 Å². The summed E-state index contributed by atoms with van der Waals surface area (Å²) < 4.78 is 22.7. The first-order valence-electron chi connectivity index (χ1n) is 6.10. The number of halogens is 1. The molecule has 0 saturated heterocycles. The number of esters is 1.